The predicted molar refractivity (Wildman–Crippen MR) is 68.2 cm³/mol. The number of nitrogens with zero attached hydrogens (tertiary/aromatic N) is 2. The number of aromatic nitrogens is 2. The SMILES string of the molecule is CC1CN(Cc2cc(C(F)(F)F)n[nH]2)C(C)CN1.Cl. The number of rotatable bonds is 2. The monoisotopic (exact) mass is 298 g/mol. The maximum Gasteiger partial charge on any atom is 0.435 e. The first-order valence-electron chi connectivity index (χ1n) is 5.95. The van der Waals surface area contributed by atoms with Crippen LogP contribution in [-0.4, -0.2) is 40.3 Å². The first-order valence-corrected chi connectivity index (χ1v) is 5.95. The highest BCUT2D eigenvalue weighted by Crippen LogP contribution is 2.28. The number of aromatic amines is 1. The van der Waals surface area contributed by atoms with E-state index in [0.717, 1.165) is 19.2 Å². The van der Waals surface area contributed by atoms with E-state index in [-0.39, 0.29) is 12.4 Å². The van der Waals surface area contributed by atoms with Crippen LogP contribution in [0.25, 0.3) is 0 Å². The van der Waals surface area contributed by atoms with E-state index in [1.165, 1.54) is 0 Å². The molecule has 0 saturated carbocycles. The molecular weight excluding hydrogens is 281 g/mol. The van der Waals surface area contributed by atoms with Crippen LogP contribution in [0.1, 0.15) is 25.2 Å². The highest BCUT2D eigenvalue weighted by molar-refractivity contribution is 5.85. The normalized spacial score (nSPS) is 25.1. The van der Waals surface area contributed by atoms with Crippen molar-refractivity contribution < 1.29 is 13.2 Å². The van der Waals surface area contributed by atoms with Crippen molar-refractivity contribution in [2.24, 2.45) is 0 Å². The van der Waals surface area contributed by atoms with Crippen LogP contribution in [0.5, 0.6) is 0 Å². The summed E-state index contributed by atoms with van der Waals surface area (Å²) in [4.78, 5) is 2.15. The third kappa shape index (κ3) is 4.09. The second-order valence-electron chi connectivity index (χ2n) is 4.86. The summed E-state index contributed by atoms with van der Waals surface area (Å²) >= 11 is 0. The molecular formula is C11H18ClF3N4. The minimum Gasteiger partial charge on any atom is -0.311 e. The molecule has 110 valence electrons. The molecule has 4 nitrogen and oxygen atoms in total. The van der Waals surface area contributed by atoms with Gasteiger partial charge in [-0.05, 0) is 19.9 Å². The maximum atomic E-state index is 12.4. The Labute approximate surface area is 116 Å². The largest absolute Gasteiger partial charge is 0.435 e. The van der Waals surface area contributed by atoms with Gasteiger partial charge in [0.1, 0.15) is 0 Å². The van der Waals surface area contributed by atoms with Gasteiger partial charge in [0, 0.05) is 37.4 Å². The van der Waals surface area contributed by atoms with Crippen LogP contribution in [0.15, 0.2) is 6.07 Å². The minimum absolute atomic E-state index is 0. The number of piperazine rings is 1. The Morgan fingerprint density at radius 1 is 1.42 bits per heavy atom. The van der Waals surface area contributed by atoms with Crippen LogP contribution in [0.3, 0.4) is 0 Å². The molecule has 1 aromatic heterocycles. The van der Waals surface area contributed by atoms with Crippen LogP contribution >= 0.6 is 12.4 Å². The summed E-state index contributed by atoms with van der Waals surface area (Å²) in [5, 5.41) is 9.10. The van der Waals surface area contributed by atoms with E-state index in [9.17, 15) is 13.2 Å². The molecule has 19 heavy (non-hydrogen) atoms. The van der Waals surface area contributed by atoms with Gasteiger partial charge < -0.3 is 5.32 Å². The second kappa shape index (κ2) is 6.11. The molecule has 0 aromatic carbocycles. The van der Waals surface area contributed by atoms with Crippen LogP contribution in [-0.2, 0) is 12.7 Å². The van der Waals surface area contributed by atoms with Crippen LogP contribution in [0.4, 0.5) is 13.2 Å². The molecule has 0 bridgehead atoms. The first kappa shape index (κ1) is 16.3. The zero-order valence-electron chi connectivity index (χ0n) is 10.8. The van der Waals surface area contributed by atoms with Gasteiger partial charge >= 0.3 is 6.18 Å². The summed E-state index contributed by atoms with van der Waals surface area (Å²) in [6.07, 6.45) is -4.38. The third-order valence-corrected chi connectivity index (χ3v) is 3.19. The van der Waals surface area contributed by atoms with E-state index in [1.54, 1.807) is 0 Å². The van der Waals surface area contributed by atoms with Gasteiger partial charge in [0.2, 0.25) is 0 Å². The number of hydrogen-bond donors (Lipinski definition) is 2. The molecule has 0 amide bonds. The molecule has 1 aliphatic rings. The molecule has 8 heteroatoms. The number of hydrogen-bond acceptors (Lipinski definition) is 3. The standard InChI is InChI=1S/C11H17F3N4.ClH/c1-7-5-18(8(2)4-15-7)6-9-3-10(17-16-9)11(12,13)14;/h3,7-8,15H,4-6H2,1-2H3,(H,16,17);1H. The maximum absolute atomic E-state index is 12.4. The summed E-state index contributed by atoms with van der Waals surface area (Å²) < 4.78 is 37.2. The lowest BCUT2D eigenvalue weighted by atomic mass is 10.1. The topological polar surface area (TPSA) is 44.0 Å². The zero-order chi connectivity index (χ0) is 13.3. The average Bonchev–Trinajstić information content (AvgIpc) is 2.71. The van der Waals surface area contributed by atoms with Gasteiger partial charge in [0.25, 0.3) is 0 Å². The molecule has 1 saturated heterocycles. The van der Waals surface area contributed by atoms with Crippen molar-refractivity contribution in [3.05, 3.63) is 17.5 Å². The van der Waals surface area contributed by atoms with E-state index in [4.69, 9.17) is 0 Å². The number of halogens is 4. The predicted octanol–water partition coefficient (Wildman–Crippen LogP) is 2.03. The highest BCUT2D eigenvalue weighted by atomic mass is 35.5. The molecule has 2 rings (SSSR count). The average molecular weight is 299 g/mol. The van der Waals surface area contributed by atoms with Crippen molar-refractivity contribution >= 4 is 12.4 Å². The van der Waals surface area contributed by atoms with Crippen LogP contribution < -0.4 is 5.32 Å². The number of alkyl halides is 3. The Kier molecular flexibility index (Phi) is 5.23. The van der Waals surface area contributed by atoms with Gasteiger partial charge in [-0.25, -0.2) is 0 Å². The summed E-state index contributed by atoms with van der Waals surface area (Å²) in [5.74, 6) is 0. The van der Waals surface area contributed by atoms with Crippen molar-refractivity contribution in [1.82, 2.24) is 20.4 Å². The Morgan fingerprint density at radius 2 is 2.11 bits per heavy atom. The first-order chi connectivity index (χ1) is 8.36. The lowest BCUT2D eigenvalue weighted by Crippen LogP contribution is -2.53. The van der Waals surface area contributed by atoms with Gasteiger partial charge in [-0.1, -0.05) is 0 Å². The smallest absolute Gasteiger partial charge is 0.311 e. The van der Waals surface area contributed by atoms with E-state index in [1.807, 2.05) is 0 Å². The fraction of sp³-hybridized carbons (Fsp3) is 0.727. The lowest BCUT2D eigenvalue weighted by Gasteiger charge is -2.37. The molecule has 2 N–H and O–H groups in total. The molecule has 1 aliphatic heterocycles. The van der Waals surface area contributed by atoms with Crippen molar-refractivity contribution in [3.8, 4) is 0 Å². The minimum atomic E-state index is -4.38. The molecule has 1 fully saturated rings. The molecule has 0 aliphatic carbocycles. The highest BCUT2D eigenvalue weighted by Gasteiger charge is 2.34. The molecule has 1 aromatic rings. The van der Waals surface area contributed by atoms with Crippen LogP contribution in [0, 0.1) is 0 Å². The van der Waals surface area contributed by atoms with E-state index < -0.39 is 11.9 Å². The molecule has 0 radical (unpaired) electrons. The molecule has 2 unspecified atom stereocenters. The Balaban J connectivity index is 0.00000180. The fourth-order valence-corrected chi connectivity index (χ4v) is 2.12. The molecule has 0 spiro atoms. The van der Waals surface area contributed by atoms with Crippen molar-refractivity contribution in [2.75, 3.05) is 13.1 Å². The van der Waals surface area contributed by atoms with Gasteiger partial charge in [0.15, 0.2) is 5.69 Å². The number of H-pyrrole nitrogens is 1. The van der Waals surface area contributed by atoms with Gasteiger partial charge in [-0.2, -0.15) is 18.3 Å². The third-order valence-electron chi connectivity index (χ3n) is 3.19. The second-order valence-corrected chi connectivity index (χ2v) is 4.86. The van der Waals surface area contributed by atoms with Gasteiger partial charge in [-0.15, -0.1) is 12.4 Å². The zero-order valence-corrected chi connectivity index (χ0v) is 11.6. The summed E-state index contributed by atoms with van der Waals surface area (Å²) in [6, 6.07) is 1.74. The Bertz CT molecular complexity index is 407. The Morgan fingerprint density at radius 3 is 2.68 bits per heavy atom. The van der Waals surface area contributed by atoms with Crippen LogP contribution in [0.2, 0.25) is 0 Å². The quantitative estimate of drug-likeness (QED) is 0.878. The fourth-order valence-electron chi connectivity index (χ4n) is 2.12. The summed E-state index contributed by atoms with van der Waals surface area (Å²) in [7, 11) is 0. The van der Waals surface area contributed by atoms with Crippen molar-refractivity contribution in [2.45, 2.75) is 38.7 Å². The van der Waals surface area contributed by atoms with Crippen molar-refractivity contribution in [3.63, 3.8) is 0 Å². The van der Waals surface area contributed by atoms with E-state index >= 15 is 0 Å². The summed E-state index contributed by atoms with van der Waals surface area (Å²) in [6.45, 7) is 6.26. The molecule has 2 heterocycles. The Hall–Kier alpha value is -0.790. The van der Waals surface area contributed by atoms with E-state index in [2.05, 4.69) is 34.3 Å². The van der Waals surface area contributed by atoms with Crippen molar-refractivity contribution in [1.29, 1.82) is 0 Å². The summed E-state index contributed by atoms with van der Waals surface area (Å²) in [5.41, 5.74) is -0.350. The van der Waals surface area contributed by atoms with Gasteiger partial charge in [0.05, 0.1) is 0 Å². The van der Waals surface area contributed by atoms with E-state index in [0.29, 0.717) is 24.3 Å². The lowest BCUT2D eigenvalue weighted by molar-refractivity contribution is -0.141. The van der Waals surface area contributed by atoms with Gasteiger partial charge in [-0.3, -0.25) is 10.00 Å². The molecule has 2 atom stereocenters. The number of nitrogens with one attached hydrogen (secondary N) is 2.